The molecule has 0 saturated heterocycles. The van der Waals surface area contributed by atoms with E-state index in [1.165, 1.54) is 12.1 Å². The summed E-state index contributed by atoms with van der Waals surface area (Å²) in [5.41, 5.74) is 6.51. The van der Waals surface area contributed by atoms with Crippen LogP contribution in [0.25, 0.3) is 10.8 Å². The van der Waals surface area contributed by atoms with Gasteiger partial charge >= 0.3 is 5.97 Å². The van der Waals surface area contributed by atoms with Crippen LogP contribution in [-0.2, 0) is 13.1 Å². The van der Waals surface area contributed by atoms with Crippen LogP contribution < -0.4 is 16.0 Å². The van der Waals surface area contributed by atoms with Gasteiger partial charge in [-0.1, -0.05) is 27.2 Å². The van der Waals surface area contributed by atoms with Gasteiger partial charge in [-0.25, -0.2) is 4.79 Å². The fourth-order valence-electron chi connectivity index (χ4n) is 2.84. The van der Waals surface area contributed by atoms with E-state index in [2.05, 4.69) is 6.92 Å². The molecule has 1 aromatic carbocycles. The third-order valence-corrected chi connectivity index (χ3v) is 4.06. The minimum absolute atomic E-state index is 0.122. The number of hydrogen-bond donors (Lipinski definition) is 2. The smallest absolute Gasteiger partial charge is 0.335 e. The minimum atomic E-state index is -1.04. The number of aromatic nitrogens is 1. The third kappa shape index (κ3) is 4.02. The monoisotopic (exact) mass is 346 g/mol. The van der Waals surface area contributed by atoms with Crippen LogP contribution in [0.15, 0.2) is 23.0 Å². The Morgan fingerprint density at radius 2 is 2.04 bits per heavy atom. The summed E-state index contributed by atoms with van der Waals surface area (Å²) < 4.78 is 7.62. The van der Waals surface area contributed by atoms with E-state index in [-0.39, 0.29) is 23.6 Å². The van der Waals surface area contributed by atoms with Gasteiger partial charge in [0.15, 0.2) is 0 Å². The molecule has 0 aliphatic carbocycles. The lowest BCUT2D eigenvalue weighted by Gasteiger charge is -2.20. The molecule has 1 heterocycles. The number of pyridine rings is 1. The highest BCUT2D eigenvalue weighted by molar-refractivity contribution is 5.96. The maximum Gasteiger partial charge on any atom is 0.335 e. The number of nitrogens with two attached hydrogens (primary N) is 1. The number of ether oxygens (including phenoxy) is 1. The summed E-state index contributed by atoms with van der Waals surface area (Å²) in [6.45, 7) is 7.30. The zero-order chi connectivity index (χ0) is 18.6. The highest BCUT2D eigenvalue weighted by Crippen LogP contribution is 2.29. The van der Waals surface area contributed by atoms with Crippen LogP contribution in [-0.4, -0.2) is 22.2 Å². The van der Waals surface area contributed by atoms with Crippen LogP contribution in [0.1, 0.15) is 49.7 Å². The van der Waals surface area contributed by atoms with Gasteiger partial charge in [0.25, 0.3) is 5.56 Å². The lowest BCUT2D eigenvalue weighted by molar-refractivity contribution is 0.0697. The number of hydrogen-bond acceptors (Lipinski definition) is 4. The maximum atomic E-state index is 12.9. The van der Waals surface area contributed by atoms with Crippen molar-refractivity contribution in [3.63, 3.8) is 0 Å². The maximum absolute atomic E-state index is 12.9. The molecule has 0 bridgehead atoms. The molecule has 2 rings (SSSR count). The predicted octanol–water partition coefficient (Wildman–Crippen LogP) is 2.99. The van der Waals surface area contributed by atoms with Gasteiger partial charge in [0.1, 0.15) is 5.75 Å². The number of carbonyl (C=O) groups is 1. The zero-order valence-corrected chi connectivity index (χ0v) is 15.0. The Morgan fingerprint density at radius 1 is 1.32 bits per heavy atom. The van der Waals surface area contributed by atoms with Gasteiger partial charge in [-0.2, -0.15) is 0 Å². The van der Waals surface area contributed by atoms with E-state index in [0.717, 1.165) is 12.8 Å². The third-order valence-electron chi connectivity index (χ3n) is 4.06. The summed E-state index contributed by atoms with van der Waals surface area (Å²) in [7, 11) is 0. The van der Waals surface area contributed by atoms with Crippen molar-refractivity contribution >= 4 is 16.7 Å². The Hall–Kier alpha value is -2.34. The molecule has 3 N–H and O–H groups in total. The van der Waals surface area contributed by atoms with Crippen molar-refractivity contribution in [1.82, 2.24) is 4.57 Å². The highest BCUT2D eigenvalue weighted by Gasteiger charge is 2.19. The van der Waals surface area contributed by atoms with Gasteiger partial charge in [0, 0.05) is 18.5 Å². The van der Waals surface area contributed by atoms with E-state index in [1.54, 1.807) is 10.6 Å². The van der Waals surface area contributed by atoms with E-state index in [0.29, 0.717) is 35.4 Å². The summed E-state index contributed by atoms with van der Waals surface area (Å²) >= 11 is 0. The second kappa shape index (κ2) is 8.16. The molecule has 0 saturated carbocycles. The van der Waals surface area contributed by atoms with Crippen molar-refractivity contribution in [3.8, 4) is 5.75 Å². The number of fused-ring (bicyclic) bond motifs is 1. The molecule has 0 amide bonds. The molecule has 6 nitrogen and oxygen atoms in total. The molecule has 0 aliphatic rings. The molecule has 0 atom stereocenters. The minimum Gasteiger partial charge on any atom is -0.491 e. The average molecular weight is 346 g/mol. The van der Waals surface area contributed by atoms with Gasteiger partial charge in [-0.05, 0) is 30.5 Å². The van der Waals surface area contributed by atoms with E-state index in [4.69, 9.17) is 10.5 Å². The Labute approximate surface area is 147 Å². The van der Waals surface area contributed by atoms with Crippen molar-refractivity contribution in [3.05, 3.63) is 39.8 Å². The van der Waals surface area contributed by atoms with Gasteiger partial charge in [-0.15, -0.1) is 0 Å². The van der Waals surface area contributed by atoms with Crippen LogP contribution in [0.2, 0.25) is 0 Å². The second-order valence-corrected chi connectivity index (χ2v) is 6.56. The fraction of sp³-hybridized carbons (Fsp3) is 0.474. The van der Waals surface area contributed by atoms with Crippen molar-refractivity contribution in [2.75, 3.05) is 6.61 Å². The topological polar surface area (TPSA) is 94.5 Å². The molecule has 0 aliphatic heterocycles. The molecule has 0 fully saturated rings. The van der Waals surface area contributed by atoms with E-state index >= 15 is 0 Å². The van der Waals surface area contributed by atoms with Crippen LogP contribution in [0, 0.1) is 5.92 Å². The van der Waals surface area contributed by atoms with Crippen LogP contribution in [0.5, 0.6) is 5.75 Å². The molecule has 1 aromatic heterocycles. The molecule has 0 radical (unpaired) electrons. The Balaban J connectivity index is 2.78. The molecule has 0 unspecified atom stereocenters. The summed E-state index contributed by atoms with van der Waals surface area (Å²) in [5.74, 6) is -0.251. The number of carboxylic acid groups (broad SMARTS) is 1. The Kier molecular flexibility index (Phi) is 6.20. The predicted molar refractivity (Wildman–Crippen MR) is 98.3 cm³/mol. The number of benzene rings is 1. The number of unbranched alkanes of at least 4 members (excludes halogenated alkanes) is 1. The standard InChI is InChI=1S/C19H26N2O4/c1-4-5-8-25-17-15-9-13(19(23)24)6-7-14(15)18(22)21(11-12(2)3)16(17)10-20/h6-7,9,12H,4-5,8,10-11,20H2,1-3H3,(H,23,24). The zero-order valence-electron chi connectivity index (χ0n) is 15.0. The van der Waals surface area contributed by atoms with Gasteiger partial charge < -0.3 is 20.1 Å². The first-order valence-corrected chi connectivity index (χ1v) is 8.66. The summed E-state index contributed by atoms with van der Waals surface area (Å²) in [6, 6.07) is 4.51. The number of nitrogens with zero attached hydrogens (tertiary/aromatic N) is 1. The van der Waals surface area contributed by atoms with Gasteiger partial charge in [0.2, 0.25) is 0 Å². The molecule has 2 aromatic rings. The number of rotatable bonds is 8. The van der Waals surface area contributed by atoms with Crippen molar-refractivity contribution in [1.29, 1.82) is 0 Å². The number of carboxylic acids is 1. The summed E-state index contributed by atoms with van der Waals surface area (Å²) in [4.78, 5) is 24.2. The first-order valence-electron chi connectivity index (χ1n) is 8.66. The van der Waals surface area contributed by atoms with Crippen LogP contribution in [0.3, 0.4) is 0 Å². The van der Waals surface area contributed by atoms with Gasteiger partial charge in [-0.3, -0.25) is 4.79 Å². The molecular formula is C19H26N2O4. The first-order chi connectivity index (χ1) is 11.9. The molecule has 136 valence electrons. The number of aromatic carboxylic acids is 1. The Morgan fingerprint density at radius 3 is 2.60 bits per heavy atom. The van der Waals surface area contributed by atoms with Crippen molar-refractivity contribution < 1.29 is 14.6 Å². The Bertz CT molecular complexity index is 824. The van der Waals surface area contributed by atoms with E-state index < -0.39 is 5.97 Å². The SMILES string of the molecule is CCCCOc1c(CN)n(CC(C)C)c(=O)c2ccc(C(=O)O)cc12. The van der Waals surface area contributed by atoms with Gasteiger partial charge in [0.05, 0.1) is 23.3 Å². The molecular weight excluding hydrogens is 320 g/mol. The van der Waals surface area contributed by atoms with Crippen molar-refractivity contribution in [2.45, 2.75) is 46.7 Å². The average Bonchev–Trinajstić information content (AvgIpc) is 2.57. The second-order valence-electron chi connectivity index (χ2n) is 6.56. The first kappa shape index (κ1) is 19.0. The quantitative estimate of drug-likeness (QED) is 0.717. The molecule has 6 heteroatoms. The normalized spacial score (nSPS) is 11.2. The van der Waals surface area contributed by atoms with E-state index in [9.17, 15) is 14.7 Å². The molecule has 0 spiro atoms. The summed E-state index contributed by atoms with van der Waals surface area (Å²) in [5, 5.41) is 10.2. The largest absolute Gasteiger partial charge is 0.491 e. The lowest BCUT2D eigenvalue weighted by atomic mass is 10.0. The van der Waals surface area contributed by atoms with Crippen LogP contribution >= 0.6 is 0 Å². The fourth-order valence-corrected chi connectivity index (χ4v) is 2.84. The lowest BCUT2D eigenvalue weighted by Crippen LogP contribution is -2.28. The van der Waals surface area contributed by atoms with Crippen molar-refractivity contribution in [2.24, 2.45) is 11.7 Å². The van der Waals surface area contributed by atoms with Crippen LogP contribution in [0.4, 0.5) is 0 Å². The molecule has 25 heavy (non-hydrogen) atoms. The highest BCUT2D eigenvalue weighted by atomic mass is 16.5. The summed E-state index contributed by atoms with van der Waals surface area (Å²) in [6.07, 6.45) is 1.84. The van der Waals surface area contributed by atoms with E-state index in [1.807, 2.05) is 13.8 Å².